The maximum absolute atomic E-state index is 7.26. The lowest BCUT2D eigenvalue weighted by Crippen LogP contribution is -2.00. The molecule has 2 nitrogen and oxygen atoms in total. The Bertz CT molecular complexity index is 330. The maximum atomic E-state index is 7.26. The van der Waals surface area contributed by atoms with E-state index in [1.165, 1.54) is 0 Å². The van der Waals surface area contributed by atoms with Gasteiger partial charge in [0.15, 0.2) is 0 Å². The summed E-state index contributed by atoms with van der Waals surface area (Å²) in [4.78, 5) is 4.19. The second kappa shape index (κ2) is 4.18. The van der Waals surface area contributed by atoms with Crippen molar-refractivity contribution in [2.75, 3.05) is 0 Å². The number of nitrogens with two attached hydrogens (primary N) is 1. The molecule has 3 heteroatoms. The van der Waals surface area contributed by atoms with Crippen LogP contribution in [0.5, 0.6) is 5.75 Å². The Balaban J connectivity index is 0.00000169. The standard InChI is InChI=1S/C6H7NO.ClH/c7-8-6-4-2-1-3-5-6;/h1-5H,7H2;1H/i1D,2D,3D,4D,5D;. The topological polar surface area (TPSA) is 35.2 Å². The Morgan fingerprint density at radius 1 is 1.33 bits per heavy atom. The van der Waals surface area contributed by atoms with Gasteiger partial charge in [0, 0.05) is 0 Å². The SMILES string of the molecule is Cl.[2H]c1c([2H])c([2H])c(ON)c([2H])c1[2H]. The molecule has 0 aromatic heterocycles. The third-order valence-corrected chi connectivity index (χ3v) is 0.595. The molecule has 0 unspecified atom stereocenters. The number of halogens is 1. The van der Waals surface area contributed by atoms with Crippen molar-refractivity contribution in [2.45, 2.75) is 0 Å². The summed E-state index contributed by atoms with van der Waals surface area (Å²) in [6.07, 6.45) is 0. The highest BCUT2D eigenvalue weighted by molar-refractivity contribution is 5.85. The van der Waals surface area contributed by atoms with Crippen LogP contribution in [0.15, 0.2) is 30.2 Å². The number of hydrogen-bond acceptors (Lipinski definition) is 2. The van der Waals surface area contributed by atoms with Crippen LogP contribution in [0.1, 0.15) is 6.85 Å². The predicted molar refractivity (Wildman–Crippen MR) is 38.5 cm³/mol. The normalized spacial score (nSPS) is 15.4. The van der Waals surface area contributed by atoms with Crippen molar-refractivity contribution < 1.29 is 11.7 Å². The van der Waals surface area contributed by atoms with Crippen LogP contribution in [0.3, 0.4) is 0 Å². The molecule has 0 saturated carbocycles. The maximum Gasteiger partial charge on any atom is 0.146 e. The van der Waals surface area contributed by atoms with E-state index in [0.717, 1.165) is 0 Å². The first-order valence-electron chi connectivity index (χ1n) is 4.44. The Labute approximate surface area is 67.0 Å². The van der Waals surface area contributed by atoms with Gasteiger partial charge in [-0.05, 0) is 12.1 Å². The summed E-state index contributed by atoms with van der Waals surface area (Å²) in [5, 5.41) is 0. The van der Waals surface area contributed by atoms with Gasteiger partial charge in [0.05, 0.1) is 6.85 Å². The first kappa shape index (κ1) is 2.90. The van der Waals surface area contributed by atoms with Gasteiger partial charge in [-0.2, -0.15) is 5.90 Å². The van der Waals surface area contributed by atoms with E-state index in [2.05, 4.69) is 4.84 Å². The monoisotopic (exact) mass is 150 g/mol. The lowest BCUT2D eigenvalue weighted by molar-refractivity contribution is 0.334. The van der Waals surface area contributed by atoms with Crippen molar-refractivity contribution in [1.29, 1.82) is 0 Å². The Morgan fingerprint density at radius 3 is 2.33 bits per heavy atom. The number of benzene rings is 1. The first-order chi connectivity index (χ1) is 6.00. The van der Waals surface area contributed by atoms with Crippen LogP contribution in [-0.4, -0.2) is 0 Å². The molecule has 1 aromatic rings. The fraction of sp³-hybridized carbons (Fsp3) is 0. The minimum absolute atomic E-state index is 0. The number of para-hydroxylation sites is 1. The van der Waals surface area contributed by atoms with Crippen molar-refractivity contribution in [3.8, 4) is 5.75 Å². The van der Waals surface area contributed by atoms with E-state index in [0.29, 0.717) is 0 Å². The molecule has 0 aliphatic heterocycles. The van der Waals surface area contributed by atoms with Crippen molar-refractivity contribution >= 4 is 12.4 Å². The quantitative estimate of drug-likeness (QED) is 0.614. The molecule has 0 atom stereocenters. The molecular formula is C6H8ClNO. The lowest BCUT2D eigenvalue weighted by atomic mass is 10.3. The average molecular weight is 151 g/mol. The van der Waals surface area contributed by atoms with E-state index in [1.807, 2.05) is 0 Å². The highest BCUT2D eigenvalue weighted by Gasteiger charge is 1.81. The van der Waals surface area contributed by atoms with Crippen LogP contribution in [0, 0.1) is 0 Å². The molecule has 0 amide bonds. The van der Waals surface area contributed by atoms with Crippen LogP contribution in [0.2, 0.25) is 0 Å². The molecular weight excluding hydrogens is 138 g/mol. The van der Waals surface area contributed by atoms with Gasteiger partial charge in [-0.1, -0.05) is 18.1 Å². The van der Waals surface area contributed by atoms with Gasteiger partial charge in [0.2, 0.25) is 0 Å². The molecule has 2 N–H and O–H groups in total. The highest BCUT2D eigenvalue weighted by atomic mass is 35.5. The Hall–Kier alpha value is -0.730. The minimum Gasteiger partial charge on any atom is -0.412 e. The van der Waals surface area contributed by atoms with Gasteiger partial charge in [0.1, 0.15) is 5.75 Å². The van der Waals surface area contributed by atoms with Gasteiger partial charge in [0.25, 0.3) is 0 Å². The predicted octanol–water partition coefficient (Wildman–Crippen LogP) is 1.36. The third kappa shape index (κ3) is 2.35. The zero-order valence-corrected chi connectivity index (χ0v) is 5.21. The third-order valence-electron chi connectivity index (χ3n) is 0.595. The van der Waals surface area contributed by atoms with Gasteiger partial charge in [-0.25, -0.2) is 0 Å². The van der Waals surface area contributed by atoms with Gasteiger partial charge < -0.3 is 4.84 Å². The molecule has 0 radical (unpaired) electrons. The molecule has 9 heavy (non-hydrogen) atoms. The van der Waals surface area contributed by atoms with E-state index in [4.69, 9.17) is 12.8 Å². The van der Waals surface area contributed by atoms with Crippen LogP contribution in [0.25, 0.3) is 0 Å². The van der Waals surface area contributed by atoms with E-state index in [9.17, 15) is 0 Å². The molecule has 1 rings (SSSR count). The van der Waals surface area contributed by atoms with Crippen molar-refractivity contribution in [3.05, 3.63) is 30.2 Å². The van der Waals surface area contributed by atoms with Gasteiger partial charge >= 0.3 is 0 Å². The Morgan fingerprint density at radius 2 is 1.89 bits per heavy atom. The second-order valence-corrected chi connectivity index (χ2v) is 1.07. The molecule has 0 spiro atoms. The molecule has 0 saturated heterocycles. The van der Waals surface area contributed by atoms with E-state index < -0.39 is 30.2 Å². The van der Waals surface area contributed by atoms with E-state index in [-0.39, 0.29) is 18.2 Å². The molecule has 1 aromatic carbocycles. The van der Waals surface area contributed by atoms with Crippen LogP contribution >= 0.6 is 12.4 Å². The number of hydrogen-bond donors (Lipinski definition) is 1. The van der Waals surface area contributed by atoms with Crippen molar-refractivity contribution in [3.63, 3.8) is 0 Å². The van der Waals surface area contributed by atoms with Crippen molar-refractivity contribution in [2.24, 2.45) is 5.90 Å². The van der Waals surface area contributed by atoms with Gasteiger partial charge in [-0.15, -0.1) is 12.4 Å². The van der Waals surface area contributed by atoms with Crippen LogP contribution < -0.4 is 10.7 Å². The zero-order chi connectivity index (χ0) is 10.2. The molecule has 50 valence electrons. The number of rotatable bonds is 1. The highest BCUT2D eigenvalue weighted by Crippen LogP contribution is 2.04. The lowest BCUT2D eigenvalue weighted by Gasteiger charge is -1.92. The summed E-state index contributed by atoms with van der Waals surface area (Å²) < 4.78 is 36.1. The molecule has 0 aliphatic carbocycles. The van der Waals surface area contributed by atoms with Crippen molar-refractivity contribution in [1.82, 2.24) is 0 Å². The zero-order valence-electron chi connectivity index (χ0n) is 9.39. The summed E-state index contributed by atoms with van der Waals surface area (Å²) in [5.74, 6) is 4.43. The summed E-state index contributed by atoms with van der Waals surface area (Å²) in [6.45, 7) is 0. The van der Waals surface area contributed by atoms with Crippen LogP contribution in [-0.2, 0) is 0 Å². The second-order valence-electron chi connectivity index (χ2n) is 1.07. The summed E-state index contributed by atoms with van der Waals surface area (Å²) in [7, 11) is 0. The van der Waals surface area contributed by atoms with Crippen LogP contribution in [0.4, 0.5) is 0 Å². The van der Waals surface area contributed by atoms with E-state index >= 15 is 0 Å². The summed E-state index contributed by atoms with van der Waals surface area (Å²) in [6, 6.07) is -2.25. The van der Waals surface area contributed by atoms with Gasteiger partial charge in [-0.3, -0.25) is 0 Å². The van der Waals surface area contributed by atoms with E-state index in [1.54, 1.807) is 0 Å². The average Bonchev–Trinajstić information content (AvgIpc) is 2.13. The molecule has 0 fully saturated rings. The summed E-state index contributed by atoms with van der Waals surface area (Å²) >= 11 is 0. The summed E-state index contributed by atoms with van der Waals surface area (Å²) in [5.41, 5.74) is 0. The fourth-order valence-electron chi connectivity index (χ4n) is 0.297. The fourth-order valence-corrected chi connectivity index (χ4v) is 0.297. The first-order valence-corrected chi connectivity index (χ1v) is 1.94. The molecule has 0 heterocycles. The molecule has 0 bridgehead atoms. The minimum atomic E-state index is -0.462. The largest absolute Gasteiger partial charge is 0.412 e. The molecule has 0 aliphatic rings. The smallest absolute Gasteiger partial charge is 0.146 e. The Kier molecular flexibility index (Phi) is 1.35.